The second-order valence-corrected chi connectivity index (χ2v) is 5.04. The Kier molecular flexibility index (Phi) is 5.31. The molecule has 1 unspecified atom stereocenters. The fourth-order valence-electron chi connectivity index (χ4n) is 2.05. The van der Waals surface area contributed by atoms with Gasteiger partial charge in [-0.05, 0) is 18.2 Å². The molecule has 7 heteroatoms. The molecule has 110 valence electrons. The summed E-state index contributed by atoms with van der Waals surface area (Å²) < 4.78 is 18.3. The molecule has 0 aromatic heterocycles. The van der Waals surface area contributed by atoms with Crippen LogP contribution in [0.2, 0.25) is 5.02 Å². The van der Waals surface area contributed by atoms with E-state index in [0.717, 1.165) is 6.07 Å². The summed E-state index contributed by atoms with van der Waals surface area (Å²) in [5.74, 6) is -0.636. The molecule has 0 aliphatic carbocycles. The molecule has 1 aromatic rings. The molecule has 1 aromatic carbocycles. The van der Waals surface area contributed by atoms with Crippen LogP contribution in [-0.2, 0) is 9.53 Å². The van der Waals surface area contributed by atoms with Crippen molar-refractivity contribution in [3.05, 3.63) is 29.0 Å². The average Bonchev–Trinajstić information content (AvgIpc) is 2.42. The molecule has 0 radical (unpaired) electrons. The zero-order chi connectivity index (χ0) is 14.5. The number of rotatable bonds is 4. The summed E-state index contributed by atoms with van der Waals surface area (Å²) in [6, 6.07) is 3.86. The summed E-state index contributed by atoms with van der Waals surface area (Å²) in [5, 5.41) is 2.85. The molecule has 20 heavy (non-hydrogen) atoms. The van der Waals surface area contributed by atoms with Crippen LogP contribution in [0.3, 0.4) is 0 Å². The Morgan fingerprint density at radius 3 is 3.10 bits per heavy atom. The van der Waals surface area contributed by atoms with E-state index in [-0.39, 0.29) is 23.6 Å². The Morgan fingerprint density at radius 1 is 1.60 bits per heavy atom. The number of halogens is 2. The Labute approximate surface area is 121 Å². The first-order valence-electron chi connectivity index (χ1n) is 6.37. The minimum Gasteiger partial charge on any atom is -0.374 e. The standard InChI is InChI=1S/C13H17ClFN3O2/c14-11-5-9(15)1-2-12(11)17-13(19)8-18-3-4-20-10(6-16)7-18/h1-2,5,10H,3-4,6-8,16H2,(H,17,19). The van der Waals surface area contributed by atoms with Crippen LogP contribution < -0.4 is 11.1 Å². The minimum absolute atomic E-state index is 0.0361. The molecule has 3 N–H and O–H groups in total. The van der Waals surface area contributed by atoms with Crippen LogP contribution in [0.5, 0.6) is 0 Å². The zero-order valence-electron chi connectivity index (χ0n) is 10.9. The summed E-state index contributed by atoms with van der Waals surface area (Å²) in [4.78, 5) is 13.9. The van der Waals surface area contributed by atoms with Gasteiger partial charge in [0.05, 0.1) is 30.0 Å². The summed E-state index contributed by atoms with van der Waals surface area (Å²) >= 11 is 5.86. The molecule has 0 saturated carbocycles. The first-order chi connectivity index (χ1) is 9.58. The van der Waals surface area contributed by atoms with Crippen molar-refractivity contribution in [3.8, 4) is 0 Å². The average molecular weight is 302 g/mol. The molecule has 1 amide bonds. The van der Waals surface area contributed by atoms with E-state index in [1.165, 1.54) is 12.1 Å². The molecule has 5 nitrogen and oxygen atoms in total. The highest BCUT2D eigenvalue weighted by Crippen LogP contribution is 2.22. The fourth-order valence-corrected chi connectivity index (χ4v) is 2.26. The van der Waals surface area contributed by atoms with E-state index in [1.807, 2.05) is 4.90 Å². The van der Waals surface area contributed by atoms with E-state index in [0.29, 0.717) is 31.9 Å². The van der Waals surface area contributed by atoms with E-state index >= 15 is 0 Å². The van der Waals surface area contributed by atoms with Gasteiger partial charge in [0.15, 0.2) is 0 Å². The lowest BCUT2D eigenvalue weighted by molar-refractivity contribution is -0.119. The van der Waals surface area contributed by atoms with Gasteiger partial charge in [-0.3, -0.25) is 9.69 Å². The maximum absolute atomic E-state index is 12.9. The number of morpholine rings is 1. The van der Waals surface area contributed by atoms with Gasteiger partial charge in [-0.15, -0.1) is 0 Å². The van der Waals surface area contributed by atoms with Crippen molar-refractivity contribution in [1.29, 1.82) is 0 Å². The van der Waals surface area contributed by atoms with Crippen LogP contribution >= 0.6 is 11.6 Å². The maximum Gasteiger partial charge on any atom is 0.238 e. The van der Waals surface area contributed by atoms with Crippen LogP contribution in [0, 0.1) is 5.82 Å². The second kappa shape index (κ2) is 6.99. The minimum atomic E-state index is -0.438. The lowest BCUT2D eigenvalue weighted by Gasteiger charge is -2.31. The van der Waals surface area contributed by atoms with Gasteiger partial charge in [-0.25, -0.2) is 4.39 Å². The number of nitrogens with two attached hydrogens (primary N) is 1. The molecule has 0 bridgehead atoms. The quantitative estimate of drug-likeness (QED) is 0.873. The predicted molar refractivity (Wildman–Crippen MR) is 75.3 cm³/mol. The normalized spacial score (nSPS) is 19.9. The highest BCUT2D eigenvalue weighted by molar-refractivity contribution is 6.33. The number of carbonyl (C=O) groups excluding carboxylic acids is 1. The topological polar surface area (TPSA) is 67.6 Å². The maximum atomic E-state index is 12.9. The van der Waals surface area contributed by atoms with Crippen molar-refractivity contribution in [3.63, 3.8) is 0 Å². The van der Waals surface area contributed by atoms with Gasteiger partial charge in [0.2, 0.25) is 5.91 Å². The largest absolute Gasteiger partial charge is 0.374 e. The van der Waals surface area contributed by atoms with Gasteiger partial charge in [-0.2, -0.15) is 0 Å². The molecule has 2 rings (SSSR count). The third-order valence-electron chi connectivity index (χ3n) is 3.06. The van der Waals surface area contributed by atoms with Crippen LogP contribution in [0.25, 0.3) is 0 Å². The number of anilines is 1. The molecule has 1 fully saturated rings. The van der Waals surface area contributed by atoms with E-state index in [2.05, 4.69) is 5.32 Å². The Bertz CT molecular complexity index is 487. The second-order valence-electron chi connectivity index (χ2n) is 4.64. The highest BCUT2D eigenvalue weighted by atomic mass is 35.5. The fraction of sp³-hybridized carbons (Fsp3) is 0.462. The van der Waals surface area contributed by atoms with E-state index < -0.39 is 5.82 Å². The predicted octanol–water partition coefficient (Wildman–Crippen LogP) is 1.08. The summed E-state index contributed by atoms with van der Waals surface area (Å²) in [7, 11) is 0. The van der Waals surface area contributed by atoms with Gasteiger partial charge < -0.3 is 15.8 Å². The summed E-state index contributed by atoms with van der Waals surface area (Å²) in [6.45, 7) is 2.53. The van der Waals surface area contributed by atoms with Gasteiger partial charge in [0.25, 0.3) is 0 Å². The highest BCUT2D eigenvalue weighted by Gasteiger charge is 2.21. The molecular formula is C13H17ClFN3O2. The van der Waals surface area contributed by atoms with Crippen molar-refractivity contribution >= 4 is 23.2 Å². The van der Waals surface area contributed by atoms with E-state index in [9.17, 15) is 9.18 Å². The van der Waals surface area contributed by atoms with Crippen molar-refractivity contribution in [2.45, 2.75) is 6.10 Å². The van der Waals surface area contributed by atoms with E-state index in [1.54, 1.807) is 0 Å². The van der Waals surface area contributed by atoms with Crippen molar-refractivity contribution in [1.82, 2.24) is 4.90 Å². The smallest absolute Gasteiger partial charge is 0.238 e. The first-order valence-corrected chi connectivity index (χ1v) is 6.75. The van der Waals surface area contributed by atoms with Gasteiger partial charge >= 0.3 is 0 Å². The van der Waals surface area contributed by atoms with Crippen molar-refractivity contribution in [2.24, 2.45) is 5.73 Å². The van der Waals surface area contributed by atoms with Gasteiger partial charge in [-0.1, -0.05) is 11.6 Å². The first kappa shape index (κ1) is 15.2. The zero-order valence-corrected chi connectivity index (χ0v) is 11.7. The lowest BCUT2D eigenvalue weighted by Crippen LogP contribution is -2.48. The molecular weight excluding hydrogens is 285 g/mol. The van der Waals surface area contributed by atoms with E-state index in [4.69, 9.17) is 22.1 Å². The van der Waals surface area contributed by atoms with Crippen molar-refractivity contribution < 1.29 is 13.9 Å². The van der Waals surface area contributed by atoms with Crippen LogP contribution in [-0.4, -0.2) is 49.7 Å². The molecule has 1 heterocycles. The third kappa shape index (κ3) is 4.14. The Morgan fingerprint density at radius 2 is 2.40 bits per heavy atom. The number of carbonyl (C=O) groups is 1. The number of hydrogen-bond donors (Lipinski definition) is 2. The number of amides is 1. The van der Waals surface area contributed by atoms with Crippen LogP contribution in [0.15, 0.2) is 18.2 Å². The number of hydrogen-bond acceptors (Lipinski definition) is 4. The third-order valence-corrected chi connectivity index (χ3v) is 3.37. The molecule has 1 saturated heterocycles. The Balaban J connectivity index is 1.88. The SMILES string of the molecule is NCC1CN(CC(=O)Nc2ccc(F)cc2Cl)CCO1. The van der Waals surface area contributed by atoms with Gasteiger partial charge in [0.1, 0.15) is 5.82 Å². The lowest BCUT2D eigenvalue weighted by atomic mass is 10.2. The van der Waals surface area contributed by atoms with Gasteiger partial charge in [0, 0.05) is 19.6 Å². The summed E-state index contributed by atoms with van der Waals surface area (Å²) in [5.41, 5.74) is 5.95. The molecule has 0 spiro atoms. The number of ether oxygens (including phenoxy) is 1. The van der Waals surface area contributed by atoms with Crippen LogP contribution in [0.4, 0.5) is 10.1 Å². The van der Waals surface area contributed by atoms with Crippen LogP contribution in [0.1, 0.15) is 0 Å². The number of benzene rings is 1. The number of nitrogens with one attached hydrogen (secondary N) is 1. The molecule has 1 aliphatic rings. The van der Waals surface area contributed by atoms with Crippen molar-refractivity contribution in [2.75, 3.05) is 38.1 Å². The number of nitrogens with zero attached hydrogens (tertiary/aromatic N) is 1. The Hall–Kier alpha value is -1.21. The summed E-state index contributed by atoms with van der Waals surface area (Å²) in [6.07, 6.45) is -0.0361. The molecule has 1 aliphatic heterocycles. The molecule has 1 atom stereocenters. The monoisotopic (exact) mass is 301 g/mol.